The summed E-state index contributed by atoms with van der Waals surface area (Å²) in [5.74, 6) is 0. The first kappa shape index (κ1) is 14.5. The summed E-state index contributed by atoms with van der Waals surface area (Å²) < 4.78 is 19.6. The van der Waals surface area contributed by atoms with Gasteiger partial charge in [-0.3, -0.25) is 0 Å². The molecular weight excluding hydrogens is 254 g/mol. The van der Waals surface area contributed by atoms with Crippen molar-refractivity contribution in [2.75, 3.05) is 20.8 Å². The second-order valence-electron chi connectivity index (χ2n) is 3.28. The van der Waals surface area contributed by atoms with Crippen LogP contribution in [0.3, 0.4) is 0 Å². The number of rotatable bonds is 5. The largest absolute Gasteiger partial charge is 0.780 e. The van der Waals surface area contributed by atoms with Crippen molar-refractivity contribution in [3.8, 4) is 0 Å². The van der Waals surface area contributed by atoms with E-state index in [9.17, 15) is 10.00 Å². The summed E-state index contributed by atoms with van der Waals surface area (Å²) in [7, 11) is 8.10. The molecule has 6 nitrogen and oxygen atoms in total. The van der Waals surface area contributed by atoms with Crippen molar-refractivity contribution < 1.29 is 28.5 Å². The Bertz CT molecular complexity index is 280. The van der Waals surface area contributed by atoms with Crippen molar-refractivity contribution >= 4 is 26.4 Å². The molecule has 2 unspecified atom stereocenters. The molecule has 0 aromatic carbocycles. The van der Waals surface area contributed by atoms with Gasteiger partial charge in [-0.1, -0.05) is 11.8 Å². The van der Waals surface area contributed by atoms with Crippen molar-refractivity contribution in [2.24, 2.45) is 0 Å². The molecule has 1 N–H and O–H groups in total. The van der Waals surface area contributed by atoms with Crippen molar-refractivity contribution in [2.45, 2.75) is 24.3 Å². The molecule has 0 saturated carbocycles. The molecule has 16 heavy (non-hydrogen) atoms. The first-order valence-electron chi connectivity index (χ1n) is 4.54. The molecule has 1 heterocycles. The molecule has 9 heteroatoms. The van der Waals surface area contributed by atoms with E-state index < -0.39 is 31.0 Å². The number of aliphatic hydroxyl groups excluding tert-OH is 1. The Kier molecular flexibility index (Phi) is 5.35. The predicted octanol–water partition coefficient (Wildman–Crippen LogP) is -1.50. The van der Waals surface area contributed by atoms with Crippen LogP contribution in [0.15, 0.2) is 0 Å². The maximum absolute atomic E-state index is 11.5. The van der Waals surface area contributed by atoms with E-state index >= 15 is 0 Å². The predicted molar refractivity (Wildman–Crippen MR) is 58.5 cm³/mol. The summed E-state index contributed by atoms with van der Waals surface area (Å²) >= 11 is 4.57. The highest BCUT2D eigenvalue weighted by molar-refractivity contribution is 8.06. The van der Waals surface area contributed by atoms with Crippen LogP contribution in [0.1, 0.15) is 0 Å². The van der Waals surface area contributed by atoms with Gasteiger partial charge in [-0.05, 0) is 0 Å². The van der Waals surface area contributed by atoms with Crippen LogP contribution < -0.4 is 4.89 Å². The zero-order valence-corrected chi connectivity index (χ0v) is 10.6. The SMILES string of the molecule is [B][C@@H]1O[C@H](COC)[C@H](OP([O-])(=S)OC)C1O. The highest BCUT2D eigenvalue weighted by Crippen LogP contribution is 2.42. The van der Waals surface area contributed by atoms with Gasteiger partial charge < -0.3 is 28.5 Å². The summed E-state index contributed by atoms with van der Waals surface area (Å²) in [5.41, 5.74) is 0. The van der Waals surface area contributed by atoms with Crippen molar-refractivity contribution in [1.29, 1.82) is 0 Å². The zero-order chi connectivity index (χ0) is 12.3. The number of hydrogen-bond donors (Lipinski definition) is 1. The summed E-state index contributed by atoms with van der Waals surface area (Å²) in [4.78, 5) is 11.5. The average Bonchev–Trinajstić information content (AvgIpc) is 2.47. The van der Waals surface area contributed by atoms with Gasteiger partial charge in [0.1, 0.15) is 32.9 Å². The van der Waals surface area contributed by atoms with Crippen LogP contribution in [0.2, 0.25) is 0 Å². The fourth-order valence-corrected chi connectivity index (χ4v) is 2.33. The summed E-state index contributed by atoms with van der Waals surface area (Å²) in [5, 5.41) is 9.66. The fourth-order valence-electron chi connectivity index (χ4n) is 1.39. The summed E-state index contributed by atoms with van der Waals surface area (Å²) in [6.07, 6.45) is -2.66. The van der Waals surface area contributed by atoms with E-state index in [0.717, 1.165) is 0 Å². The molecule has 0 amide bonds. The summed E-state index contributed by atoms with van der Waals surface area (Å²) in [6, 6.07) is -0.919. The van der Waals surface area contributed by atoms with Gasteiger partial charge in [0.25, 0.3) is 0 Å². The topological polar surface area (TPSA) is 80.2 Å². The van der Waals surface area contributed by atoms with Gasteiger partial charge in [0.05, 0.1) is 6.61 Å². The van der Waals surface area contributed by atoms with E-state index in [4.69, 9.17) is 21.8 Å². The Morgan fingerprint density at radius 1 is 1.56 bits per heavy atom. The van der Waals surface area contributed by atoms with E-state index in [2.05, 4.69) is 16.3 Å². The van der Waals surface area contributed by atoms with Gasteiger partial charge in [-0.25, -0.2) is 0 Å². The van der Waals surface area contributed by atoms with E-state index in [1.54, 1.807) is 0 Å². The van der Waals surface area contributed by atoms with Crippen LogP contribution in [0, 0.1) is 0 Å². The fraction of sp³-hybridized carbons (Fsp3) is 1.00. The average molecular weight is 267 g/mol. The first-order valence-corrected chi connectivity index (χ1v) is 7.10. The van der Waals surface area contributed by atoms with Crippen LogP contribution >= 0.6 is 6.72 Å². The molecular formula is C7H13BO6PS-. The molecule has 1 saturated heterocycles. The minimum absolute atomic E-state index is 0.147. The van der Waals surface area contributed by atoms with Crippen LogP contribution in [0.5, 0.6) is 0 Å². The molecule has 1 rings (SSSR count). The number of aliphatic hydroxyl groups is 1. The summed E-state index contributed by atoms with van der Waals surface area (Å²) in [6.45, 7) is -3.47. The van der Waals surface area contributed by atoms with Gasteiger partial charge in [0.2, 0.25) is 0 Å². The molecule has 0 aromatic heterocycles. The minimum Gasteiger partial charge on any atom is -0.780 e. The lowest BCUT2D eigenvalue weighted by Crippen LogP contribution is -2.37. The lowest BCUT2D eigenvalue weighted by atomic mass is 9.93. The first-order chi connectivity index (χ1) is 7.41. The third-order valence-electron chi connectivity index (χ3n) is 2.18. The number of methoxy groups -OCH3 is 1. The van der Waals surface area contributed by atoms with E-state index in [0.29, 0.717) is 0 Å². The highest BCUT2D eigenvalue weighted by atomic mass is 32.5. The van der Waals surface area contributed by atoms with E-state index in [1.165, 1.54) is 14.2 Å². The Morgan fingerprint density at radius 3 is 2.69 bits per heavy atom. The van der Waals surface area contributed by atoms with Gasteiger partial charge >= 0.3 is 0 Å². The zero-order valence-electron chi connectivity index (χ0n) is 8.94. The van der Waals surface area contributed by atoms with Crippen LogP contribution in [-0.2, 0) is 30.3 Å². The molecule has 1 fully saturated rings. The standard InChI is InChI=1S/C7H14BO6PS/c1-11-3-4-6(5(9)7(8)13-4)14-15(10,16)12-2/h4-7,9H,3H2,1-2H3,(H,10,16)/p-1/t4-,5?,6+,7-,15?/m1/s1. The third kappa shape index (κ3) is 3.48. The van der Waals surface area contributed by atoms with Crippen LogP contribution in [-0.4, -0.2) is 58.1 Å². The molecule has 0 aromatic rings. The Hall–Kier alpha value is 0.475. The van der Waals surface area contributed by atoms with Gasteiger partial charge in [-0.15, -0.1) is 0 Å². The quantitative estimate of drug-likeness (QED) is 0.479. The highest BCUT2D eigenvalue weighted by Gasteiger charge is 2.42. The van der Waals surface area contributed by atoms with Crippen LogP contribution in [0.4, 0.5) is 0 Å². The monoisotopic (exact) mass is 267 g/mol. The molecule has 1 aliphatic rings. The normalized spacial score (nSPS) is 38.5. The van der Waals surface area contributed by atoms with E-state index in [1.807, 2.05) is 0 Å². The maximum atomic E-state index is 11.5. The maximum Gasteiger partial charge on any atom is 0.120 e. The second-order valence-corrected chi connectivity index (χ2v) is 6.10. The molecule has 1 aliphatic heterocycles. The van der Waals surface area contributed by atoms with Gasteiger partial charge in [0.15, 0.2) is 0 Å². The molecule has 0 bridgehead atoms. The number of hydrogen-bond acceptors (Lipinski definition) is 7. The van der Waals surface area contributed by atoms with Gasteiger partial charge in [-0.2, -0.15) is 0 Å². The van der Waals surface area contributed by atoms with Crippen molar-refractivity contribution in [3.63, 3.8) is 0 Å². The second kappa shape index (κ2) is 5.88. The molecule has 92 valence electrons. The molecule has 0 aliphatic carbocycles. The Balaban J connectivity index is 2.70. The lowest BCUT2D eigenvalue weighted by Gasteiger charge is -2.31. The van der Waals surface area contributed by atoms with Crippen molar-refractivity contribution in [1.82, 2.24) is 0 Å². The molecule has 2 radical (unpaired) electrons. The Labute approximate surface area is 100 Å². The molecule has 0 spiro atoms. The minimum atomic E-state index is -3.62. The van der Waals surface area contributed by atoms with Crippen LogP contribution in [0.25, 0.3) is 0 Å². The Morgan fingerprint density at radius 2 is 2.19 bits per heavy atom. The smallest absolute Gasteiger partial charge is 0.120 e. The molecule has 5 atom stereocenters. The van der Waals surface area contributed by atoms with Crippen molar-refractivity contribution in [3.05, 3.63) is 0 Å². The third-order valence-corrected chi connectivity index (χ3v) is 3.83. The van der Waals surface area contributed by atoms with Gasteiger partial charge in [0, 0.05) is 20.2 Å². The lowest BCUT2D eigenvalue weighted by molar-refractivity contribution is -0.212. The van der Waals surface area contributed by atoms with E-state index in [-0.39, 0.29) is 6.61 Å². The number of ether oxygens (including phenoxy) is 2.